The topological polar surface area (TPSA) is 59.2 Å². The van der Waals surface area contributed by atoms with E-state index in [9.17, 15) is 18.7 Å². The van der Waals surface area contributed by atoms with E-state index in [0.29, 0.717) is 5.56 Å². The van der Waals surface area contributed by atoms with Gasteiger partial charge >= 0.3 is 5.69 Å². The normalized spacial score (nSPS) is 13.5. The van der Waals surface area contributed by atoms with Crippen LogP contribution in [0.3, 0.4) is 0 Å². The third kappa shape index (κ3) is 3.75. The Morgan fingerprint density at radius 2 is 1.65 bits per heavy atom. The fourth-order valence-electron chi connectivity index (χ4n) is 3.91. The van der Waals surface area contributed by atoms with Crippen molar-refractivity contribution in [1.82, 2.24) is 14.5 Å². The van der Waals surface area contributed by atoms with Gasteiger partial charge in [-0.05, 0) is 55.1 Å². The summed E-state index contributed by atoms with van der Waals surface area (Å²) < 4.78 is 45.2. The monoisotopic (exact) mass is 427 g/mol. The molecule has 0 saturated carbocycles. The Hall–Kier alpha value is -3.36. The second-order valence-corrected chi connectivity index (χ2v) is 7.20. The lowest BCUT2D eigenvalue weighted by molar-refractivity contribution is 0.130. The average Bonchev–Trinajstić information content (AvgIpc) is 3.02. The van der Waals surface area contributed by atoms with Gasteiger partial charge in [-0.2, -0.15) is 0 Å². The van der Waals surface area contributed by atoms with Crippen LogP contribution in [0.4, 0.5) is 13.2 Å². The molecule has 160 valence electrons. The molecule has 8 heteroatoms. The van der Waals surface area contributed by atoms with E-state index < -0.39 is 35.3 Å². The van der Waals surface area contributed by atoms with E-state index >= 15 is 4.39 Å². The number of aliphatic hydroxyl groups is 1. The molecule has 0 aliphatic rings. The van der Waals surface area contributed by atoms with Gasteiger partial charge in [0.15, 0.2) is 0 Å². The molecular weight excluding hydrogens is 407 g/mol. The molecule has 3 aromatic carbocycles. The first kappa shape index (κ1) is 20.9. The average molecular weight is 427 g/mol. The number of nitrogens with zero attached hydrogens (tertiary/aromatic N) is 2. The van der Waals surface area contributed by atoms with Crippen molar-refractivity contribution in [3.05, 3.63) is 100 Å². The second kappa shape index (κ2) is 8.41. The van der Waals surface area contributed by atoms with Crippen LogP contribution in [-0.2, 0) is 0 Å². The van der Waals surface area contributed by atoms with Gasteiger partial charge in [0.05, 0.1) is 23.3 Å². The molecule has 1 aromatic heterocycles. The van der Waals surface area contributed by atoms with E-state index in [1.165, 1.54) is 59.2 Å². The maximum absolute atomic E-state index is 15.0. The smallest absolute Gasteiger partial charge is 0.334 e. The summed E-state index contributed by atoms with van der Waals surface area (Å²) in [7, 11) is 1.62. The van der Waals surface area contributed by atoms with Crippen LogP contribution in [0.1, 0.15) is 11.6 Å². The van der Waals surface area contributed by atoms with Gasteiger partial charge in [0.1, 0.15) is 23.0 Å². The predicted molar refractivity (Wildman–Crippen MR) is 112 cm³/mol. The summed E-state index contributed by atoms with van der Waals surface area (Å²) in [5.74, 6) is -1.80. The van der Waals surface area contributed by atoms with Crippen molar-refractivity contribution >= 4 is 11.0 Å². The lowest BCUT2D eigenvalue weighted by Gasteiger charge is -2.25. The van der Waals surface area contributed by atoms with Crippen LogP contribution in [-0.4, -0.2) is 33.9 Å². The van der Waals surface area contributed by atoms with Crippen LogP contribution in [0.15, 0.2) is 71.5 Å². The number of nitrogens with one attached hydrogen (secondary N) is 1. The molecule has 5 nitrogen and oxygen atoms in total. The zero-order chi connectivity index (χ0) is 22.1. The summed E-state index contributed by atoms with van der Waals surface area (Å²) in [6, 6.07) is 13.9. The Bertz CT molecular complexity index is 1300. The van der Waals surface area contributed by atoms with Crippen LogP contribution >= 0.6 is 0 Å². The molecule has 2 N–H and O–H groups in total. The zero-order valence-electron chi connectivity index (χ0n) is 16.6. The molecule has 1 heterocycles. The molecule has 4 rings (SSSR count). The molecule has 0 saturated heterocycles. The van der Waals surface area contributed by atoms with Crippen LogP contribution in [0.2, 0.25) is 0 Å². The molecule has 0 aliphatic heterocycles. The van der Waals surface area contributed by atoms with Crippen LogP contribution in [0.5, 0.6) is 0 Å². The van der Waals surface area contributed by atoms with Gasteiger partial charge in [0.25, 0.3) is 0 Å². The number of benzene rings is 3. The SMILES string of the molecule is CNC[C@@H](O)[C@H](c1cccc(F)c1)n1c(=O)n(-c2cccc(F)c2)c2cccc(F)c21. The highest BCUT2D eigenvalue weighted by Crippen LogP contribution is 2.29. The molecule has 0 unspecified atom stereocenters. The quantitative estimate of drug-likeness (QED) is 0.496. The molecule has 0 aliphatic carbocycles. The minimum atomic E-state index is -1.18. The third-order valence-electron chi connectivity index (χ3n) is 5.16. The molecule has 0 spiro atoms. The lowest BCUT2D eigenvalue weighted by atomic mass is 10.0. The van der Waals surface area contributed by atoms with Gasteiger partial charge in [0.2, 0.25) is 0 Å². The number of aliphatic hydroxyl groups excluding tert-OH is 1. The third-order valence-corrected chi connectivity index (χ3v) is 5.16. The number of imidazole rings is 1. The highest BCUT2D eigenvalue weighted by molar-refractivity contribution is 5.79. The van der Waals surface area contributed by atoms with Gasteiger partial charge in [-0.3, -0.25) is 9.13 Å². The lowest BCUT2D eigenvalue weighted by Crippen LogP contribution is -2.38. The zero-order valence-corrected chi connectivity index (χ0v) is 16.6. The summed E-state index contributed by atoms with van der Waals surface area (Å²) in [5.41, 5.74) is -0.0446. The van der Waals surface area contributed by atoms with E-state index in [-0.39, 0.29) is 23.3 Å². The Balaban J connectivity index is 2.08. The van der Waals surface area contributed by atoms with Crippen molar-refractivity contribution in [3.8, 4) is 5.69 Å². The summed E-state index contributed by atoms with van der Waals surface area (Å²) in [5, 5.41) is 13.7. The van der Waals surface area contributed by atoms with Gasteiger partial charge in [-0.15, -0.1) is 0 Å². The maximum Gasteiger partial charge on any atom is 0.334 e. The van der Waals surface area contributed by atoms with Crippen molar-refractivity contribution in [2.75, 3.05) is 13.6 Å². The Kier molecular flexibility index (Phi) is 5.67. The van der Waals surface area contributed by atoms with Gasteiger partial charge < -0.3 is 10.4 Å². The van der Waals surface area contributed by atoms with Crippen LogP contribution in [0.25, 0.3) is 16.7 Å². The molecule has 0 amide bonds. The van der Waals surface area contributed by atoms with E-state index in [1.54, 1.807) is 13.1 Å². The van der Waals surface area contributed by atoms with Crippen molar-refractivity contribution in [2.24, 2.45) is 0 Å². The van der Waals surface area contributed by atoms with Crippen molar-refractivity contribution in [2.45, 2.75) is 12.1 Å². The Morgan fingerprint density at radius 1 is 0.968 bits per heavy atom. The molecular formula is C23H20F3N3O2. The van der Waals surface area contributed by atoms with Crippen LogP contribution in [0, 0.1) is 17.5 Å². The number of hydrogen-bond donors (Lipinski definition) is 2. The molecule has 0 radical (unpaired) electrons. The second-order valence-electron chi connectivity index (χ2n) is 7.20. The van der Waals surface area contributed by atoms with Crippen LogP contribution < -0.4 is 11.0 Å². The fourth-order valence-corrected chi connectivity index (χ4v) is 3.91. The largest absolute Gasteiger partial charge is 0.389 e. The Morgan fingerprint density at radius 3 is 2.32 bits per heavy atom. The number of rotatable bonds is 6. The van der Waals surface area contributed by atoms with Gasteiger partial charge in [-0.25, -0.2) is 18.0 Å². The Labute approximate surface area is 176 Å². The summed E-state index contributed by atoms with van der Waals surface area (Å²) in [6.45, 7) is 0.0642. The van der Waals surface area contributed by atoms with Crippen molar-refractivity contribution < 1.29 is 18.3 Å². The van der Waals surface area contributed by atoms with E-state index in [4.69, 9.17) is 0 Å². The summed E-state index contributed by atoms with van der Waals surface area (Å²) in [6.07, 6.45) is -1.18. The summed E-state index contributed by atoms with van der Waals surface area (Å²) in [4.78, 5) is 13.6. The van der Waals surface area contributed by atoms with E-state index in [0.717, 1.165) is 10.6 Å². The van der Waals surface area contributed by atoms with E-state index in [2.05, 4.69) is 5.32 Å². The van der Waals surface area contributed by atoms with Gasteiger partial charge in [0, 0.05) is 6.54 Å². The highest BCUT2D eigenvalue weighted by atomic mass is 19.1. The number of halogens is 3. The van der Waals surface area contributed by atoms with Crippen molar-refractivity contribution in [3.63, 3.8) is 0 Å². The predicted octanol–water partition coefficient (Wildman–Crippen LogP) is 3.38. The number of hydrogen-bond acceptors (Lipinski definition) is 3. The van der Waals surface area contributed by atoms with E-state index in [1.807, 2.05) is 0 Å². The minimum absolute atomic E-state index is 0.0642. The molecule has 0 fully saturated rings. The minimum Gasteiger partial charge on any atom is -0.389 e. The van der Waals surface area contributed by atoms with Gasteiger partial charge in [-0.1, -0.05) is 24.3 Å². The number of para-hydroxylation sites is 1. The molecule has 0 bridgehead atoms. The summed E-state index contributed by atoms with van der Waals surface area (Å²) >= 11 is 0. The standard InChI is InChI=1S/C23H20F3N3O2/c1-27-13-20(30)21(14-5-2-6-15(24)11-14)29-22-18(26)9-4-10-19(22)28(23(29)31)17-8-3-7-16(25)12-17/h2-12,20-21,27,30H,13H2,1H3/t20-,21+/m1/s1. The molecule has 2 atom stereocenters. The number of aromatic nitrogens is 2. The van der Waals surface area contributed by atoms with Crippen molar-refractivity contribution in [1.29, 1.82) is 0 Å². The number of fused-ring (bicyclic) bond motifs is 1. The first-order chi connectivity index (χ1) is 14.9. The first-order valence-electron chi connectivity index (χ1n) is 9.68. The molecule has 31 heavy (non-hydrogen) atoms. The maximum atomic E-state index is 15.0. The molecule has 4 aromatic rings. The first-order valence-corrected chi connectivity index (χ1v) is 9.68. The number of likely N-dealkylation sites (N-methyl/N-ethyl adjacent to an activating group) is 1. The highest BCUT2D eigenvalue weighted by Gasteiger charge is 2.30. The fraction of sp³-hybridized carbons (Fsp3) is 0.174.